The van der Waals surface area contributed by atoms with E-state index < -0.39 is 48.2 Å². The van der Waals surface area contributed by atoms with Crippen LogP contribution in [-0.2, 0) is 40.2 Å². The van der Waals surface area contributed by atoms with Crippen molar-refractivity contribution in [2.75, 3.05) is 26.2 Å². The Labute approximate surface area is 273 Å². The summed E-state index contributed by atoms with van der Waals surface area (Å²) in [5, 5.41) is 6.61. The predicted molar refractivity (Wildman–Crippen MR) is 165 cm³/mol. The van der Waals surface area contributed by atoms with Gasteiger partial charge in [0.15, 0.2) is 0 Å². The summed E-state index contributed by atoms with van der Waals surface area (Å²) < 4.78 is 40.5. The monoisotopic (exact) mass is 668 g/mol. The Morgan fingerprint density at radius 1 is 1.02 bits per heavy atom. The third-order valence-electron chi connectivity index (χ3n) is 8.90. The lowest BCUT2D eigenvalue weighted by Gasteiger charge is -2.45. The molecule has 0 radical (unpaired) electrons. The van der Waals surface area contributed by atoms with Crippen LogP contribution < -0.4 is 10.6 Å². The highest BCUT2D eigenvalue weighted by atomic mass is 35.5. The number of piperazine rings is 1. The molecule has 4 heterocycles. The second-order valence-electron chi connectivity index (χ2n) is 12.1. The third kappa shape index (κ3) is 6.82. The van der Waals surface area contributed by atoms with Crippen molar-refractivity contribution in [1.29, 1.82) is 0 Å². The minimum atomic E-state index is -4.81. The highest BCUT2D eigenvalue weighted by Crippen LogP contribution is 2.37. The van der Waals surface area contributed by atoms with Crippen LogP contribution in [0.1, 0.15) is 22.3 Å². The molecule has 14 heteroatoms. The lowest BCUT2D eigenvalue weighted by Crippen LogP contribution is -2.67. The maximum absolute atomic E-state index is 14.3. The van der Waals surface area contributed by atoms with Crippen molar-refractivity contribution in [3.63, 3.8) is 0 Å². The molecule has 10 nitrogen and oxygen atoms in total. The van der Waals surface area contributed by atoms with Gasteiger partial charge in [-0.25, -0.2) is 4.79 Å². The summed E-state index contributed by atoms with van der Waals surface area (Å²) in [5.41, 5.74) is 1.53. The van der Waals surface area contributed by atoms with Crippen LogP contribution in [-0.4, -0.2) is 93.4 Å². The molecule has 0 saturated carbocycles. The molecule has 5 amide bonds. The molecule has 6 rings (SSSR count). The van der Waals surface area contributed by atoms with E-state index in [1.54, 1.807) is 36.4 Å². The van der Waals surface area contributed by atoms with Crippen molar-refractivity contribution in [3.05, 3.63) is 100 Å². The summed E-state index contributed by atoms with van der Waals surface area (Å²) in [6, 6.07) is 15.1. The van der Waals surface area contributed by atoms with Gasteiger partial charge in [0.1, 0.15) is 18.1 Å². The molecule has 2 aromatic carbocycles. The van der Waals surface area contributed by atoms with Crippen molar-refractivity contribution in [2.24, 2.45) is 0 Å². The van der Waals surface area contributed by atoms with Crippen molar-refractivity contribution in [3.8, 4) is 0 Å². The number of rotatable bonds is 8. The standard InChI is InChI=1S/C33H32ClF3N6O4/c34-25-9-7-21(8-10-25)14-27(40-28(44)26-15-23-5-1-2-6-24(23)18-39-26)29(45)41-12-13-43-31(47)42(20-33(35,36)37)30(46)32(43,19-41)16-22-4-3-11-38-17-22/h1-11,17,26-27,39H,12-16,18-20H2,(H,40,44). The Hall–Kier alpha value is -4.49. The second kappa shape index (κ2) is 13.0. The number of pyridine rings is 1. The summed E-state index contributed by atoms with van der Waals surface area (Å²) in [6.07, 6.45) is -1.47. The van der Waals surface area contributed by atoms with Gasteiger partial charge in [-0.1, -0.05) is 54.1 Å². The normalized spacial score (nSPS) is 21.7. The molecular formula is C33H32ClF3N6O4. The van der Waals surface area contributed by atoms with Gasteiger partial charge >= 0.3 is 12.2 Å². The first kappa shape index (κ1) is 32.5. The van der Waals surface area contributed by atoms with Gasteiger partial charge in [0.05, 0.1) is 12.6 Å². The van der Waals surface area contributed by atoms with Crippen LogP contribution in [0.2, 0.25) is 5.02 Å². The zero-order chi connectivity index (χ0) is 33.3. The van der Waals surface area contributed by atoms with E-state index in [0.29, 0.717) is 29.1 Å². The van der Waals surface area contributed by atoms with Crippen molar-refractivity contribution in [1.82, 2.24) is 30.3 Å². The Balaban J connectivity index is 1.28. The van der Waals surface area contributed by atoms with Gasteiger partial charge in [0.25, 0.3) is 5.91 Å². The van der Waals surface area contributed by atoms with Crippen LogP contribution in [0.5, 0.6) is 0 Å². The number of aromatic nitrogens is 1. The Morgan fingerprint density at radius 3 is 2.47 bits per heavy atom. The van der Waals surface area contributed by atoms with Crippen LogP contribution >= 0.6 is 11.6 Å². The highest BCUT2D eigenvalue weighted by molar-refractivity contribution is 6.30. The number of carbonyl (C=O) groups is 4. The first-order valence-electron chi connectivity index (χ1n) is 15.2. The first-order valence-corrected chi connectivity index (χ1v) is 15.5. The van der Waals surface area contributed by atoms with E-state index >= 15 is 0 Å². The SMILES string of the molecule is O=C(NC(Cc1ccc(Cl)cc1)C(=O)N1CCN2C(=O)N(CC(F)(F)F)C(=O)C2(Cc2cccnc2)C1)C1Cc2ccccc2CN1. The number of urea groups is 1. The zero-order valence-electron chi connectivity index (χ0n) is 25.2. The first-order chi connectivity index (χ1) is 22.4. The minimum Gasteiger partial charge on any atom is -0.343 e. The fourth-order valence-electron chi connectivity index (χ4n) is 6.62. The Bertz CT molecular complexity index is 1670. The molecule has 3 aliphatic rings. The van der Waals surface area contributed by atoms with Gasteiger partial charge in [0.2, 0.25) is 11.8 Å². The lowest BCUT2D eigenvalue weighted by atomic mass is 9.86. The van der Waals surface area contributed by atoms with E-state index in [1.165, 1.54) is 17.3 Å². The fraction of sp³-hybridized carbons (Fsp3) is 0.364. The molecule has 0 bridgehead atoms. The molecule has 0 spiro atoms. The average Bonchev–Trinajstić information content (AvgIpc) is 3.25. The molecule has 3 aliphatic heterocycles. The van der Waals surface area contributed by atoms with Gasteiger partial charge in [-0.15, -0.1) is 0 Å². The molecule has 2 fully saturated rings. The molecular weight excluding hydrogens is 637 g/mol. The van der Waals surface area contributed by atoms with Crippen LogP contribution in [0.15, 0.2) is 73.1 Å². The van der Waals surface area contributed by atoms with Crippen LogP contribution in [0.25, 0.3) is 0 Å². The minimum absolute atomic E-state index is 0.0471. The number of halogens is 4. The lowest BCUT2D eigenvalue weighted by molar-refractivity contribution is -0.157. The maximum atomic E-state index is 14.3. The molecule has 2 saturated heterocycles. The summed E-state index contributed by atoms with van der Waals surface area (Å²) in [4.78, 5) is 61.8. The van der Waals surface area contributed by atoms with E-state index in [2.05, 4.69) is 15.6 Å². The number of fused-ring (bicyclic) bond motifs is 2. The molecule has 47 heavy (non-hydrogen) atoms. The smallest absolute Gasteiger partial charge is 0.343 e. The van der Waals surface area contributed by atoms with E-state index in [1.807, 2.05) is 24.3 Å². The predicted octanol–water partition coefficient (Wildman–Crippen LogP) is 3.13. The highest BCUT2D eigenvalue weighted by Gasteiger charge is 2.61. The largest absolute Gasteiger partial charge is 0.406 e. The van der Waals surface area contributed by atoms with E-state index in [9.17, 15) is 32.3 Å². The maximum Gasteiger partial charge on any atom is 0.406 e. The number of imide groups is 1. The van der Waals surface area contributed by atoms with E-state index in [0.717, 1.165) is 16.0 Å². The average molecular weight is 669 g/mol. The molecule has 1 aromatic heterocycles. The Kier molecular flexibility index (Phi) is 8.95. The van der Waals surface area contributed by atoms with Gasteiger partial charge in [0, 0.05) is 49.9 Å². The van der Waals surface area contributed by atoms with Gasteiger partial charge in [-0.05, 0) is 46.9 Å². The topological polar surface area (TPSA) is 115 Å². The fourth-order valence-corrected chi connectivity index (χ4v) is 6.75. The summed E-state index contributed by atoms with van der Waals surface area (Å²) in [5.74, 6) is -1.95. The van der Waals surface area contributed by atoms with Gasteiger partial charge in [-0.3, -0.25) is 24.3 Å². The second-order valence-corrected chi connectivity index (χ2v) is 12.5. The number of alkyl halides is 3. The number of nitrogens with one attached hydrogen (secondary N) is 2. The van der Waals surface area contributed by atoms with Gasteiger partial charge in [-0.2, -0.15) is 13.2 Å². The summed E-state index contributed by atoms with van der Waals surface area (Å²) in [7, 11) is 0. The summed E-state index contributed by atoms with van der Waals surface area (Å²) >= 11 is 6.07. The van der Waals surface area contributed by atoms with Crippen molar-refractivity contribution < 1.29 is 32.3 Å². The van der Waals surface area contributed by atoms with Gasteiger partial charge < -0.3 is 20.4 Å². The molecule has 0 aliphatic carbocycles. The number of hydrogen-bond donors (Lipinski definition) is 2. The number of hydrogen-bond acceptors (Lipinski definition) is 6. The molecule has 3 unspecified atom stereocenters. The molecule has 2 N–H and O–H groups in total. The molecule has 3 atom stereocenters. The molecule has 246 valence electrons. The Morgan fingerprint density at radius 2 is 1.77 bits per heavy atom. The van der Waals surface area contributed by atoms with Crippen molar-refractivity contribution in [2.45, 2.75) is 49.6 Å². The number of carbonyl (C=O) groups excluding carboxylic acids is 4. The molecule has 3 aromatic rings. The van der Waals surface area contributed by atoms with Crippen LogP contribution in [0, 0.1) is 0 Å². The zero-order valence-corrected chi connectivity index (χ0v) is 25.9. The summed E-state index contributed by atoms with van der Waals surface area (Å²) in [6.45, 7) is -1.84. The van der Waals surface area contributed by atoms with Crippen LogP contribution in [0.4, 0.5) is 18.0 Å². The van der Waals surface area contributed by atoms with Crippen LogP contribution in [0.3, 0.4) is 0 Å². The third-order valence-corrected chi connectivity index (χ3v) is 9.15. The van der Waals surface area contributed by atoms with Crippen molar-refractivity contribution >= 4 is 35.4 Å². The van der Waals surface area contributed by atoms with E-state index in [4.69, 9.17) is 11.6 Å². The van der Waals surface area contributed by atoms with E-state index in [-0.39, 0.29) is 43.3 Å². The quantitative estimate of drug-likeness (QED) is 0.357. The number of nitrogens with zero attached hydrogens (tertiary/aromatic N) is 4. The number of benzene rings is 2. The number of amides is 5.